The summed E-state index contributed by atoms with van der Waals surface area (Å²) in [6, 6.07) is 8.18. The minimum atomic E-state index is -0.364. The first-order chi connectivity index (χ1) is 17.4. The molecule has 1 saturated heterocycles. The minimum absolute atomic E-state index is 0.000374. The van der Waals surface area contributed by atoms with Gasteiger partial charge in [0, 0.05) is 39.1 Å². The Morgan fingerprint density at radius 1 is 1.17 bits per heavy atom. The summed E-state index contributed by atoms with van der Waals surface area (Å²) >= 11 is 0. The van der Waals surface area contributed by atoms with Crippen LogP contribution in [0.5, 0.6) is 5.75 Å². The van der Waals surface area contributed by atoms with Crippen molar-refractivity contribution in [3.63, 3.8) is 0 Å². The topological polar surface area (TPSA) is 93.7 Å². The van der Waals surface area contributed by atoms with Crippen molar-refractivity contribution < 1.29 is 14.5 Å². The van der Waals surface area contributed by atoms with Crippen molar-refractivity contribution in [3.05, 3.63) is 52.3 Å². The van der Waals surface area contributed by atoms with Crippen LogP contribution < -0.4 is 4.74 Å². The van der Waals surface area contributed by atoms with Crippen molar-refractivity contribution in [2.45, 2.75) is 57.0 Å². The maximum Gasteiger partial charge on any atom is 0.307 e. The normalized spacial score (nSPS) is 31.5. The first kappa shape index (κ1) is 23.5. The number of rotatable bonds is 7. The number of hydrogen-bond donors (Lipinski definition) is 0. The molecule has 2 heterocycles. The zero-order valence-electron chi connectivity index (χ0n) is 21.0. The number of carbonyl (C=O) groups is 1. The van der Waals surface area contributed by atoms with E-state index >= 15 is 0 Å². The van der Waals surface area contributed by atoms with E-state index in [2.05, 4.69) is 27.0 Å². The maximum atomic E-state index is 13.5. The first-order valence-electron chi connectivity index (χ1n) is 13.2. The third-order valence-electron chi connectivity index (χ3n) is 9.21. The van der Waals surface area contributed by atoms with E-state index < -0.39 is 0 Å². The molecule has 0 radical (unpaired) electrons. The molecule has 7 rings (SSSR count). The molecule has 2 unspecified atom stereocenters. The summed E-state index contributed by atoms with van der Waals surface area (Å²) in [5, 5.41) is 15.7. The van der Waals surface area contributed by atoms with Crippen LogP contribution in [0.3, 0.4) is 0 Å². The predicted octanol–water partition coefficient (Wildman–Crippen LogP) is 3.83. The van der Waals surface area contributed by atoms with Crippen LogP contribution >= 0.6 is 0 Å². The van der Waals surface area contributed by atoms with Crippen molar-refractivity contribution in [1.29, 1.82) is 0 Å². The number of aromatic nitrogens is 2. The highest BCUT2D eigenvalue weighted by molar-refractivity contribution is 5.77. The van der Waals surface area contributed by atoms with E-state index in [0.29, 0.717) is 18.3 Å². The van der Waals surface area contributed by atoms with E-state index in [1.807, 2.05) is 16.8 Å². The Balaban J connectivity index is 1.10. The standard InChI is InChI=1S/C27H35N5O4/c1-36-24-4-2-3-20(10-24)17-29-5-7-30(8-6-29)25(33)15-26-11-21-9-22(12-26)14-27(13-21,19-26)31-18-23(16-28-31)32(34)35/h2-4,10,16,18,21-22H,5-9,11-15,17,19H2,1H3. The Morgan fingerprint density at radius 3 is 2.58 bits per heavy atom. The fourth-order valence-corrected chi connectivity index (χ4v) is 8.16. The Bertz CT molecular complexity index is 1140. The average Bonchev–Trinajstić information content (AvgIpc) is 3.35. The number of nitro groups is 1. The van der Waals surface area contributed by atoms with E-state index in [1.165, 1.54) is 18.2 Å². The molecule has 9 heteroatoms. The lowest BCUT2D eigenvalue weighted by molar-refractivity contribution is -0.385. The molecule has 0 spiro atoms. The molecule has 5 aliphatic rings. The summed E-state index contributed by atoms with van der Waals surface area (Å²) in [5.41, 5.74) is 1.11. The summed E-state index contributed by atoms with van der Waals surface area (Å²) in [6.45, 7) is 4.15. The number of amides is 1. The van der Waals surface area contributed by atoms with E-state index in [1.54, 1.807) is 13.3 Å². The highest BCUT2D eigenvalue weighted by atomic mass is 16.6. The van der Waals surface area contributed by atoms with Crippen LogP contribution in [0.4, 0.5) is 5.69 Å². The van der Waals surface area contributed by atoms with E-state index in [-0.39, 0.29) is 27.5 Å². The lowest BCUT2D eigenvalue weighted by atomic mass is 9.46. The van der Waals surface area contributed by atoms with Gasteiger partial charge in [0.1, 0.15) is 18.1 Å². The van der Waals surface area contributed by atoms with Crippen LogP contribution in [0, 0.1) is 27.4 Å². The van der Waals surface area contributed by atoms with Gasteiger partial charge in [0.2, 0.25) is 5.91 Å². The largest absolute Gasteiger partial charge is 0.497 e. The molecule has 2 aromatic rings. The lowest BCUT2D eigenvalue weighted by Gasteiger charge is -2.62. The van der Waals surface area contributed by atoms with Gasteiger partial charge >= 0.3 is 5.69 Å². The summed E-state index contributed by atoms with van der Waals surface area (Å²) in [7, 11) is 1.69. The quantitative estimate of drug-likeness (QED) is 0.430. The number of piperazine rings is 1. The van der Waals surface area contributed by atoms with Crippen LogP contribution in [0.1, 0.15) is 50.5 Å². The highest BCUT2D eigenvalue weighted by Crippen LogP contribution is 2.65. The fraction of sp³-hybridized carbons (Fsp3) is 0.630. The van der Waals surface area contributed by atoms with Crippen LogP contribution in [-0.4, -0.2) is 63.7 Å². The van der Waals surface area contributed by atoms with Gasteiger partial charge in [-0.1, -0.05) is 12.1 Å². The molecular formula is C27H35N5O4. The average molecular weight is 494 g/mol. The molecule has 9 nitrogen and oxygen atoms in total. The Labute approximate surface area is 211 Å². The molecule has 2 atom stereocenters. The van der Waals surface area contributed by atoms with Gasteiger partial charge in [-0.2, -0.15) is 5.10 Å². The molecule has 4 bridgehead atoms. The molecule has 4 aliphatic carbocycles. The molecule has 1 amide bonds. The van der Waals surface area contributed by atoms with Gasteiger partial charge < -0.3 is 9.64 Å². The van der Waals surface area contributed by atoms with Crippen LogP contribution in [-0.2, 0) is 16.9 Å². The molecule has 1 aliphatic heterocycles. The minimum Gasteiger partial charge on any atom is -0.497 e. The second kappa shape index (κ2) is 8.87. The molecule has 1 aromatic heterocycles. The number of carbonyl (C=O) groups excluding carboxylic acids is 1. The Kier molecular flexibility index (Phi) is 5.78. The number of nitrogens with zero attached hydrogens (tertiary/aromatic N) is 5. The van der Waals surface area contributed by atoms with Gasteiger partial charge in [0.15, 0.2) is 0 Å². The monoisotopic (exact) mass is 493 g/mol. The fourth-order valence-electron chi connectivity index (χ4n) is 8.16. The molecule has 192 valence electrons. The van der Waals surface area contributed by atoms with Gasteiger partial charge in [0.25, 0.3) is 0 Å². The van der Waals surface area contributed by atoms with Crippen LogP contribution in [0.2, 0.25) is 0 Å². The van der Waals surface area contributed by atoms with Crippen molar-refractivity contribution >= 4 is 11.6 Å². The van der Waals surface area contributed by atoms with Gasteiger partial charge in [-0.05, 0) is 73.5 Å². The lowest BCUT2D eigenvalue weighted by Crippen LogP contribution is -2.58. The van der Waals surface area contributed by atoms with Gasteiger partial charge in [-0.15, -0.1) is 0 Å². The Hall–Kier alpha value is -2.94. The van der Waals surface area contributed by atoms with Crippen LogP contribution in [0.15, 0.2) is 36.7 Å². The summed E-state index contributed by atoms with van der Waals surface area (Å²) in [5.74, 6) is 2.32. The van der Waals surface area contributed by atoms with E-state index in [4.69, 9.17) is 4.74 Å². The molecule has 5 fully saturated rings. The van der Waals surface area contributed by atoms with Gasteiger partial charge in [-0.3, -0.25) is 24.5 Å². The number of benzene rings is 1. The van der Waals surface area contributed by atoms with E-state index in [0.717, 1.165) is 70.6 Å². The smallest absolute Gasteiger partial charge is 0.307 e. The second-order valence-corrected chi connectivity index (χ2v) is 11.8. The van der Waals surface area contributed by atoms with Gasteiger partial charge in [0.05, 0.1) is 17.6 Å². The highest BCUT2D eigenvalue weighted by Gasteiger charge is 2.59. The second-order valence-electron chi connectivity index (χ2n) is 11.8. The van der Waals surface area contributed by atoms with Crippen LogP contribution in [0.25, 0.3) is 0 Å². The third kappa shape index (κ3) is 4.27. The van der Waals surface area contributed by atoms with Crippen molar-refractivity contribution in [2.24, 2.45) is 17.3 Å². The summed E-state index contributed by atoms with van der Waals surface area (Å²) in [6.07, 6.45) is 10.00. The maximum absolute atomic E-state index is 13.5. The number of hydrogen-bond acceptors (Lipinski definition) is 6. The number of ether oxygens (including phenoxy) is 1. The van der Waals surface area contributed by atoms with E-state index in [9.17, 15) is 14.9 Å². The zero-order chi connectivity index (χ0) is 24.9. The summed E-state index contributed by atoms with van der Waals surface area (Å²) in [4.78, 5) is 28.9. The van der Waals surface area contributed by atoms with Gasteiger partial charge in [-0.25, -0.2) is 0 Å². The van der Waals surface area contributed by atoms with Crippen molar-refractivity contribution in [3.8, 4) is 5.75 Å². The zero-order valence-corrected chi connectivity index (χ0v) is 21.0. The molecule has 36 heavy (non-hydrogen) atoms. The van der Waals surface area contributed by atoms with Crippen molar-refractivity contribution in [1.82, 2.24) is 19.6 Å². The molecule has 1 aromatic carbocycles. The molecular weight excluding hydrogens is 458 g/mol. The first-order valence-corrected chi connectivity index (χ1v) is 13.2. The Morgan fingerprint density at radius 2 is 1.92 bits per heavy atom. The number of methoxy groups -OCH3 is 1. The molecule has 4 saturated carbocycles. The molecule has 0 N–H and O–H groups in total. The SMILES string of the molecule is COc1cccc(CN2CCN(C(=O)CC34CC5CC(C3)CC(n3cc([N+](=O)[O-])cn3)(C5)C4)CC2)c1. The summed E-state index contributed by atoms with van der Waals surface area (Å²) < 4.78 is 7.24. The predicted molar refractivity (Wildman–Crippen MR) is 133 cm³/mol. The van der Waals surface area contributed by atoms with Crippen molar-refractivity contribution in [2.75, 3.05) is 33.3 Å². The third-order valence-corrected chi connectivity index (χ3v) is 9.21.